The summed E-state index contributed by atoms with van der Waals surface area (Å²) in [5.41, 5.74) is -0.689. The van der Waals surface area contributed by atoms with Gasteiger partial charge in [-0.05, 0) is 25.2 Å². The Morgan fingerprint density at radius 1 is 1.31 bits per heavy atom. The van der Waals surface area contributed by atoms with Gasteiger partial charge >= 0.3 is 11.9 Å². The van der Waals surface area contributed by atoms with Gasteiger partial charge in [0.2, 0.25) is 0 Å². The summed E-state index contributed by atoms with van der Waals surface area (Å²) < 4.78 is 4.73. The minimum atomic E-state index is -0.453. The van der Waals surface area contributed by atoms with Gasteiger partial charge in [-0.25, -0.2) is 0 Å². The summed E-state index contributed by atoms with van der Waals surface area (Å²) in [6.45, 7) is 5.88. The van der Waals surface area contributed by atoms with E-state index in [2.05, 4.69) is 0 Å². The molecule has 0 aromatic heterocycles. The van der Waals surface area contributed by atoms with Crippen LogP contribution in [0, 0.1) is 16.7 Å². The van der Waals surface area contributed by atoms with Crippen LogP contribution in [0.4, 0.5) is 0 Å². The number of hydrogen-bond acceptors (Lipinski definition) is 3. The molecule has 2 rings (SSSR count). The summed E-state index contributed by atoms with van der Waals surface area (Å²) >= 11 is 0. The van der Waals surface area contributed by atoms with Crippen molar-refractivity contribution in [2.75, 3.05) is 0 Å². The van der Waals surface area contributed by atoms with Crippen LogP contribution in [0.3, 0.4) is 0 Å². The van der Waals surface area contributed by atoms with Gasteiger partial charge in [-0.1, -0.05) is 13.8 Å². The van der Waals surface area contributed by atoms with Gasteiger partial charge in [-0.15, -0.1) is 0 Å². The highest BCUT2D eigenvalue weighted by Gasteiger charge is 2.63. The Hall–Kier alpha value is -0.860. The second-order valence-electron chi connectivity index (χ2n) is 4.85. The molecular weight excluding hydrogens is 168 g/mol. The minimum Gasteiger partial charge on any atom is -0.392 e. The molecule has 0 aromatic rings. The Labute approximate surface area is 77.4 Å². The summed E-state index contributed by atoms with van der Waals surface area (Å²) in [5, 5.41) is 0. The number of ether oxygens (including phenoxy) is 1. The normalized spacial score (nSPS) is 41.9. The first-order valence-corrected chi connectivity index (χ1v) is 4.66. The summed E-state index contributed by atoms with van der Waals surface area (Å²) in [7, 11) is 0. The van der Waals surface area contributed by atoms with Crippen molar-refractivity contribution in [1.29, 1.82) is 0 Å². The van der Waals surface area contributed by atoms with Crippen molar-refractivity contribution >= 4 is 11.9 Å². The summed E-state index contributed by atoms with van der Waals surface area (Å²) in [6, 6.07) is 0. The number of carbonyl (C=O) groups is 2. The van der Waals surface area contributed by atoms with Gasteiger partial charge in [0.15, 0.2) is 0 Å². The summed E-state index contributed by atoms with van der Waals surface area (Å²) in [6.07, 6.45) is 1.56. The highest BCUT2D eigenvalue weighted by atomic mass is 16.6. The molecule has 13 heavy (non-hydrogen) atoms. The van der Waals surface area contributed by atoms with Crippen LogP contribution in [0.2, 0.25) is 0 Å². The van der Waals surface area contributed by atoms with Crippen molar-refractivity contribution < 1.29 is 14.3 Å². The molecule has 3 nitrogen and oxygen atoms in total. The number of esters is 2. The third-order valence-corrected chi connectivity index (χ3v) is 4.15. The van der Waals surface area contributed by atoms with Crippen LogP contribution in [0.15, 0.2) is 0 Å². The smallest absolute Gasteiger partial charge is 0.320 e. The summed E-state index contributed by atoms with van der Waals surface area (Å²) in [4.78, 5) is 22.9. The zero-order chi connectivity index (χ0) is 9.85. The maximum Gasteiger partial charge on any atom is 0.320 e. The van der Waals surface area contributed by atoms with E-state index in [1.807, 2.05) is 20.8 Å². The monoisotopic (exact) mass is 182 g/mol. The van der Waals surface area contributed by atoms with E-state index in [4.69, 9.17) is 4.74 Å². The van der Waals surface area contributed by atoms with Crippen molar-refractivity contribution in [3.05, 3.63) is 0 Å². The molecule has 2 fully saturated rings. The molecule has 1 saturated heterocycles. The van der Waals surface area contributed by atoms with Gasteiger partial charge in [-0.3, -0.25) is 9.59 Å². The van der Waals surface area contributed by atoms with Gasteiger partial charge in [0.25, 0.3) is 0 Å². The van der Waals surface area contributed by atoms with Gasteiger partial charge in [0, 0.05) is 0 Å². The Morgan fingerprint density at radius 2 is 1.92 bits per heavy atom. The third-order valence-electron chi connectivity index (χ3n) is 4.15. The molecule has 3 heteroatoms. The number of carbonyl (C=O) groups excluding carboxylic acids is 2. The molecule has 0 amide bonds. The molecule has 2 atom stereocenters. The molecule has 1 heterocycles. The van der Waals surface area contributed by atoms with Gasteiger partial charge < -0.3 is 4.74 Å². The zero-order valence-corrected chi connectivity index (χ0v) is 8.22. The molecule has 0 unspecified atom stereocenters. The van der Waals surface area contributed by atoms with Crippen molar-refractivity contribution in [3.8, 4) is 0 Å². The highest BCUT2D eigenvalue weighted by molar-refractivity contribution is 5.95. The molecule has 1 aliphatic heterocycles. The van der Waals surface area contributed by atoms with Gasteiger partial charge in [0.1, 0.15) is 0 Å². The zero-order valence-electron chi connectivity index (χ0n) is 8.22. The second-order valence-corrected chi connectivity index (χ2v) is 4.85. The van der Waals surface area contributed by atoms with Crippen molar-refractivity contribution in [3.63, 3.8) is 0 Å². The average molecular weight is 182 g/mol. The first-order chi connectivity index (χ1) is 5.89. The SMILES string of the molecule is CC1(C)[C@H]2CC[C@]1(C)C(=O)OC2=O. The highest BCUT2D eigenvalue weighted by Crippen LogP contribution is 2.59. The van der Waals surface area contributed by atoms with Crippen LogP contribution < -0.4 is 0 Å². The predicted octanol–water partition coefficient (Wildman–Crippen LogP) is 1.51. The van der Waals surface area contributed by atoms with Crippen molar-refractivity contribution in [2.24, 2.45) is 16.7 Å². The van der Waals surface area contributed by atoms with Crippen molar-refractivity contribution in [2.45, 2.75) is 33.6 Å². The van der Waals surface area contributed by atoms with Crippen molar-refractivity contribution in [1.82, 2.24) is 0 Å². The Kier molecular flexibility index (Phi) is 1.44. The van der Waals surface area contributed by atoms with Crippen LogP contribution >= 0.6 is 0 Å². The average Bonchev–Trinajstić information content (AvgIpc) is 2.16. The number of fused-ring (bicyclic) bond motifs is 2. The maximum absolute atomic E-state index is 11.6. The lowest BCUT2D eigenvalue weighted by Gasteiger charge is -2.41. The van der Waals surface area contributed by atoms with E-state index in [0.29, 0.717) is 0 Å². The third kappa shape index (κ3) is 0.798. The minimum absolute atomic E-state index is 0.0878. The lowest BCUT2D eigenvalue weighted by molar-refractivity contribution is -0.185. The topological polar surface area (TPSA) is 43.4 Å². The standard InChI is InChI=1S/C10H14O3/c1-9(2)6-4-5-10(9,3)8(12)13-7(6)11/h6H,4-5H2,1-3H3/t6-,10+/m0/s1. The fourth-order valence-electron chi connectivity index (χ4n) is 2.55. The molecule has 0 radical (unpaired) electrons. The quantitative estimate of drug-likeness (QED) is 0.421. The van der Waals surface area contributed by atoms with Gasteiger partial charge in [-0.2, -0.15) is 0 Å². The van der Waals surface area contributed by atoms with E-state index in [1.54, 1.807) is 0 Å². The molecule has 72 valence electrons. The van der Waals surface area contributed by atoms with Crippen LogP contribution in [0.1, 0.15) is 33.6 Å². The van der Waals surface area contributed by atoms with E-state index in [-0.39, 0.29) is 23.3 Å². The molecule has 0 N–H and O–H groups in total. The van der Waals surface area contributed by atoms with E-state index in [0.717, 1.165) is 12.8 Å². The molecule has 0 aromatic carbocycles. The lowest BCUT2D eigenvalue weighted by atomic mass is 9.64. The van der Waals surface area contributed by atoms with Gasteiger partial charge in [0.05, 0.1) is 11.3 Å². The predicted molar refractivity (Wildman–Crippen MR) is 45.7 cm³/mol. The molecule has 1 aliphatic carbocycles. The molecular formula is C10H14O3. The van der Waals surface area contributed by atoms with Crippen LogP contribution in [0.5, 0.6) is 0 Å². The fourth-order valence-corrected chi connectivity index (χ4v) is 2.55. The Morgan fingerprint density at radius 3 is 2.54 bits per heavy atom. The molecule has 2 bridgehead atoms. The Balaban J connectivity index is 2.51. The van der Waals surface area contributed by atoms with E-state index in [1.165, 1.54) is 0 Å². The molecule has 1 saturated carbocycles. The maximum atomic E-state index is 11.6. The van der Waals surface area contributed by atoms with Crippen LogP contribution in [0.25, 0.3) is 0 Å². The fraction of sp³-hybridized carbons (Fsp3) is 0.800. The number of rotatable bonds is 0. The van der Waals surface area contributed by atoms with Crippen LogP contribution in [-0.2, 0) is 14.3 Å². The lowest BCUT2D eigenvalue weighted by Crippen LogP contribution is -2.49. The number of hydrogen-bond donors (Lipinski definition) is 0. The Bertz CT molecular complexity index is 293. The molecule has 2 aliphatic rings. The van der Waals surface area contributed by atoms with E-state index >= 15 is 0 Å². The first-order valence-electron chi connectivity index (χ1n) is 4.66. The second kappa shape index (κ2) is 2.14. The largest absolute Gasteiger partial charge is 0.392 e. The van der Waals surface area contributed by atoms with E-state index < -0.39 is 5.41 Å². The van der Waals surface area contributed by atoms with E-state index in [9.17, 15) is 9.59 Å². The van der Waals surface area contributed by atoms with Crippen LogP contribution in [-0.4, -0.2) is 11.9 Å². The first kappa shape index (κ1) is 8.73. The summed E-state index contributed by atoms with van der Waals surface area (Å²) in [5.74, 6) is -0.753. The molecule has 0 spiro atoms. The number of cyclic esters (lactones) is 2.